The van der Waals surface area contributed by atoms with E-state index in [-0.39, 0.29) is 28.9 Å². The lowest BCUT2D eigenvalue weighted by atomic mass is 10.00. The van der Waals surface area contributed by atoms with Gasteiger partial charge in [-0.1, -0.05) is 0 Å². The van der Waals surface area contributed by atoms with Crippen LogP contribution < -0.4 is 25.4 Å². The second kappa shape index (κ2) is 8.06. The zero-order chi connectivity index (χ0) is 24.0. The van der Waals surface area contributed by atoms with Crippen molar-refractivity contribution in [3.63, 3.8) is 0 Å². The van der Waals surface area contributed by atoms with Crippen LogP contribution in [0.25, 0.3) is 0 Å². The summed E-state index contributed by atoms with van der Waals surface area (Å²) in [4.78, 5) is 20.0. The van der Waals surface area contributed by atoms with E-state index in [4.69, 9.17) is 9.47 Å². The van der Waals surface area contributed by atoms with E-state index >= 15 is 4.39 Å². The van der Waals surface area contributed by atoms with E-state index < -0.39 is 35.0 Å². The van der Waals surface area contributed by atoms with Crippen molar-refractivity contribution >= 4 is 23.1 Å². The predicted octanol–water partition coefficient (Wildman–Crippen LogP) is 3.69. The number of hydrazine groups is 1. The number of nitrogens with one attached hydrogen (secondary N) is 2. The monoisotopic (exact) mass is 473 g/mol. The second-order valence-electron chi connectivity index (χ2n) is 7.89. The van der Waals surface area contributed by atoms with Gasteiger partial charge < -0.3 is 14.8 Å². The number of pyridine rings is 2. The fraction of sp³-hybridized carbons (Fsp3) is 0.227. The molecule has 0 bridgehead atoms. The summed E-state index contributed by atoms with van der Waals surface area (Å²) < 4.78 is 53.5. The van der Waals surface area contributed by atoms with Crippen LogP contribution in [0.2, 0.25) is 0 Å². The first kappa shape index (κ1) is 21.8. The van der Waals surface area contributed by atoms with Crippen LogP contribution in [-0.4, -0.2) is 28.2 Å². The number of benzene rings is 1. The highest BCUT2D eigenvalue weighted by atomic mass is 19.1. The average Bonchev–Trinajstić information content (AvgIpc) is 3.58. The Morgan fingerprint density at radius 2 is 2.00 bits per heavy atom. The third-order valence-electron chi connectivity index (χ3n) is 5.81. The van der Waals surface area contributed by atoms with Gasteiger partial charge in [-0.15, -0.1) is 0 Å². The fourth-order valence-electron chi connectivity index (χ4n) is 3.83. The number of hydrogen-bond donors (Lipinski definition) is 3. The molecule has 0 unspecified atom stereocenters. The summed E-state index contributed by atoms with van der Waals surface area (Å²) in [6.45, 7) is -0.488. The van der Waals surface area contributed by atoms with Crippen LogP contribution in [0.3, 0.4) is 0 Å². The van der Waals surface area contributed by atoms with Crippen LogP contribution in [0, 0.1) is 17.5 Å². The summed E-state index contributed by atoms with van der Waals surface area (Å²) in [5.41, 5.74) is 1.46. The van der Waals surface area contributed by atoms with Crippen LogP contribution in [0.1, 0.15) is 24.0 Å². The Bertz CT molecular complexity index is 1300. The van der Waals surface area contributed by atoms with Gasteiger partial charge in [-0.25, -0.2) is 23.1 Å². The molecule has 1 fully saturated rings. The molecule has 5 rings (SSSR count). The number of nitrogens with zero attached hydrogens (tertiary/aromatic N) is 3. The summed E-state index contributed by atoms with van der Waals surface area (Å²) in [5, 5.41) is 13.3. The molecule has 3 aromatic rings. The molecule has 1 aliphatic heterocycles. The SMILES string of the molecule is COc1ncc(F)cc1N(O)Nc1ccc(F)c(COc2cnc3c(c2)C2(CC2)C(=O)N3)c1F. The van der Waals surface area contributed by atoms with Gasteiger partial charge in [-0.3, -0.25) is 15.4 Å². The molecule has 1 saturated carbocycles. The fourth-order valence-corrected chi connectivity index (χ4v) is 3.83. The predicted molar refractivity (Wildman–Crippen MR) is 113 cm³/mol. The topological polar surface area (TPSA) is 109 Å². The molecule has 1 aliphatic carbocycles. The zero-order valence-corrected chi connectivity index (χ0v) is 17.7. The van der Waals surface area contributed by atoms with Crippen molar-refractivity contribution in [3.05, 3.63) is 65.2 Å². The molecule has 2 aromatic heterocycles. The molecule has 34 heavy (non-hydrogen) atoms. The van der Waals surface area contributed by atoms with E-state index in [0.29, 0.717) is 29.4 Å². The lowest BCUT2D eigenvalue weighted by Crippen LogP contribution is -2.27. The number of ether oxygens (including phenoxy) is 2. The van der Waals surface area contributed by atoms with Crippen LogP contribution >= 0.6 is 0 Å². The van der Waals surface area contributed by atoms with Gasteiger partial charge in [0.05, 0.1) is 36.2 Å². The molecular formula is C22H18F3N5O4. The maximum Gasteiger partial charge on any atom is 0.242 e. The summed E-state index contributed by atoms with van der Waals surface area (Å²) in [7, 11) is 1.26. The Balaban J connectivity index is 1.35. The van der Waals surface area contributed by atoms with Crippen molar-refractivity contribution in [1.29, 1.82) is 0 Å². The molecule has 12 heteroatoms. The number of methoxy groups -OCH3 is 1. The van der Waals surface area contributed by atoms with Crippen LogP contribution in [-0.2, 0) is 16.8 Å². The van der Waals surface area contributed by atoms with E-state index in [9.17, 15) is 18.8 Å². The molecule has 3 heterocycles. The first-order valence-electron chi connectivity index (χ1n) is 10.2. The zero-order valence-electron chi connectivity index (χ0n) is 17.7. The molecule has 176 valence electrons. The lowest BCUT2D eigenvalue weighted by molar-refractivity contribution is -0.117. The van der Waals surface area contributed by atoms with E-state index in [1.54, 1.807) is 6.07 Å². The first-order chi connectivity index (χ1) is 16.3. The minimum Gasteiger partial charge on any atom is -0.487 e. The van der Waals surface area contributed by atoms with Crippen molar-refractivity contribution in [2.75, 3.05) is 23.0 Å². The van der Waals surface area contributed by atoms with E-state index in [1.165, 1.54) is 13.3 Å². The smallest absolute Gasteiger partial charge is 0.242 e. The van der Waals surface area contributed by atoms with Crippen molar-refractivity contribution in [3.8, 4) is 11.6 Å². The number of rotatable bonds is 7. The third kappa shape index (κ3) is 3.61. The number of fused-ring (bicyclic) bond motifs is 2. The Morgan fingerprint density at radius 3 is 2.74 bits per heavy atom. The van der Waals surface area contributed by atoms with Crippen molar-refractivity contribution in [2.45, 2.75) is 24.9 Å². The van der Waals surface area contributed by atoms with Crippen LogP contribution in [0.4, 0.5) is 30.4 Å². The van der Waals surface area contributed by atoms with Gasteiger partial charge in [0.25, 0.3) is 0 Å². The largest absolute Gasteiger partial charge is 0.487 e. The van der Waals surface area contributed by atoms with Crippen LogP contribution in [0.15, 0.2) is 36.7 Å². The number of hydrogen-bond acceptors (Lipinski definition) is 8. The summed E-state index contributed by atoms with van der Waals surface area (Å²) in [6, 6.07) is 4.60. The quantitative estimate of drug-likeness (QED) is 0.446. The third-order valence-corrected chi connectivity index (χ3v) is 5.81. The Hall–Kier alpha value is -4.06. The maximum absolute atomic E-state index is 15.1. The van der Waals surface area contributed by atoms with Gasteiger partial charge in [0.1, 0.15) is 29.8 Å². The van der Waals surface area contributed by atoms with Crippen LogP contribution in [0.5, 0.6) is 11.6 Å². The van der Waals surface area contributed by atoms with Gasteiger partial charge in [0.2, 0.25) is 11.8 Å². The van der Waals surface area contributed by atoms with Gasteiger partial charge in [-0.05, 0) is 31.0 Å². The Kier molecular flexibility index (Phi) is 5.16. The number of anilines is 3. The second-order valence-corrected chi connectivity index (χ2v) is 7.89. The highest BCUT2D eigenvalue weighted by Crippen LogP contribution is 2.55. The molecule has 0 saturated heterocycles. The molecule has 3 N–H and O–H groups in total. The number of carbonyl (C=O) groups is 1. The maximum atomic E-state index is 15.1. The summed E-state index contributed by atoms with van der Waals surface area (Å²) >= 11 is 0. The Morgan fingerprint density at radius 1 is 1.21 bits per heavy atom. The number of halogens is 3. The summed E-state index contributed by atoms with van der Waals surface area (Å²) in [6.07, 6.45) is 3.65. The first-order valence-corrected chi connectivity index (χ1v) is 10.2. The molecule has 0 radical (unpaired) electrons. The Labute approximate surface area is 191 Å². The molecule has 2 aliphatic rings. The van der Waals surface area contributed by atoms with E-state index in [0.717, 1.165) is 24.4 Å². The van der Waals surface area contributed by atoms with Gasteiger partial charge in [0.15, 0.2) is 11.5 Å². The molecule has 9 nitrogen and oxygen atoms in total. The minimum absolute atomic E-state index is 0.110. The summed E-state index contributed by atoms with van der Waals surface area (Å²) in [5.74, 6) is -2.20. The average molecular weight is 473 g/mol. The van der Waals surface area contributed by atoms with E-state index in [1.807, 2.05) is 0 Å². The van der Waals surface area contributed by atoms with Crippen molar-refractivity contribution < 1.29 is 32.6 Å². The number of amides is 1. The molecule has 0 atom stereocenters. The van der Waals surface area contributed by atoms with Gasteiger partial charge in [-0.2, -0.15) is 5.17 Å². The standard InChI is InChI=1S/C22H18F3N5O4/c1-33-20-17(6-11(23)8-27-20)30(32)29-16-3-2-15(24)13(18(16)25)10-34-12-7-14-19(26-9-12)28-21(31)22(14)4-5-22/h2-3,6-9,29,32H,4-5,10H2,1H3,(H,26,28,31). The molecular weight excluding hydrogens is 455 g/mol. The van der Waals surface area contributed by atoms with Gasteiger partial charge >= 0.3 is 0 Å². The normalized spacial score (nSPS) is 15.0. The number of carbonyl (C=O) groups excluding carboxylic acids is 1. The van der Waals surface area contributed by atoms with Crippen molar-refractivity contribution in [2.24, 2.45) is 0 Å². The molecule has 1 spiro atoms. The highest BCUT2D eigenvalue weighted by Gasteiger charge is 2.57. The highest BCUT2D eigenvalue weighted by molar-refractivity contribution is 6.07. The van der Waals surface area contributed by atoms with Gasteiger partial charge in [0, 0.05) is 11.6 Å². The van der Waals surface area contributed by atoms with E-state index in [2.05, 4.69) is 20.7 Å². The molecule has 1 aromatic carbocycles. The number of aromatic nitrogens is 2. The molecule has 1 amide bonds. The minimum atomic E-state index is -1.04. The van der Waals surface area contributed by atoms with Crippen molar-refractivity contribution in [1.82, 2.24) is 9.97 Å². The lowest BCUT2D eigenvalue weighted by Gasteiger charge is -2.21.